The van der Waals surface area contributed by atoms with Crippen LogP contribution in [0.25, 0.3) is 22.4 Å². The molecule has 4 amide bonds. The number of phenols is 1. The number of nitrogens with two attached hydrogens (primary N) is 1. The summed E-state index contributed by atoms with van der Waals surface area (Å²) in [5.74, 6) is -2.84. The number of anilines is 3. The summed E-state index contributed by atoms with van der Waals surface area (Å²) in [6.45, 7) is 6.73. The Hall–Kier alpha value is -5.86. The van der Waals surface area contributed by atoms with E-state index in [0.717, 1.165) is 87.0 Å². The van der Waals surface area contributed by atoms with Gasteiger partial charge in [-0.25, -0.2) is 4.39 Å². The fraction of sp³-hybridized carbons (Fsp3) is 0.386. The van der Waals surface area contributed by atoms with E-state index < -0.39 is 35.5 Å². The van der Waals surface area contributed by atoms with E-state index in [-0.39, 0.29) is 29.7 Å². The number of fused-ring (bicyclic) bond motifs is 1. The number of nitrogens with one attached hydrogen (secondary N) is 1. The second kappa shape index (κ2) is 15.5. The number of amides is 4. The molecule has 5 aliphatic rings. The van der Waals surface area contributed by atoms with Crippen molar-refractivity contribution >= 4 is 40.7 Å². The highest BCUT2D eigenvalue weighted by atomic mass is 19.1. The maximum atomic E-state index is 15.5. The van der Waals surface area contributed by atoms with Gasteiger partial charge in [-0.2, -0.15) is 0 Å². The Morgan fingerprint density at radius 1 is 0.690 bits per heavy atom. The molecular weight excluding hydrogens is 740 g/mol. The number of hydrogen-bond acceptors (Lipinski definition) is 11. The number of carbonyl (C=O) groups excluding carboxylic acids is 4. The number of para-hydroxylation sites is 1. The molecule has 0 spiro atoms. The number of phenolic OH excluding ortho intramolecular Hbond substituents is 1. The Bertz CT molecular complexity index is 2260. The Labute approximate surface area is 336 Å². The highest BCUT2D eigenvalue weighted by Gasteiger charge is 2.45. The number of rotatable bonds is 7. The van der Waals surface area contributed by atoms with Gasteiger partial charge in [0.25, 0.3) is 11.8 Å². The van der Waals surface area contributed by atoms with Crippen LogP contribution in [0.4, 0.5) is 21.5 Å². The van der Waals surface area contributed by atoms with E-state index in [1.807, 2.05) is 23.1 Å². The summed E-state index contributed by atoms with van der Waals surface area (Å²) in [6.07, 6.45) is 6.27. The summed E-state index contributed by atoms with van der Waals surface area (Å²) in [5, 5.41) is 12.5. The van der Waals surface area contributed by atoms with Gasteiger partial charge in [0.05, 0.1) is 34.4 Å². The van der Waals surface area contributed by atoms with E-state index >= 15 is 4.39 Å². The number of nitrogens with zero attached hydrogens (tertiary/aromatic N) is 6. The molecule has 13 nitrogen and oxygen atoms in total. The van der Waals surface area contributed by atoms with Crippen LogP contribution < -0.4 is 20.9 Å². The van der Waals surface area contributed by atoms with Crippen LogP contribution in [0.3, 0.4) is 0 Å². The predicted octanol–water partition coefficient (Wildman–Crippen LogP) is 4.50. The molecule has 0 bridgehead atoms. The topological polar surface area (TPSA) is 156 Å². The van der Waals surface area contributed by atoms with Crippen molar-refractivity contribution in [2.24, 2.45) is 0 Å². The van der Waals surface area contributed by atoms with Crippen LogP contribution in [-0.4, -0.2) is 119 Å². The summed E-state index contributed by atoms with van der Waals surface area (Å²) >= 11 is 0. The van der Waals surface area contributed by atoms with Crippen LogP contribution >= 0.6 is 0 Å². The van der Waals surface area contributed by atoms with Gasteiger partial charge < -0.3 is 20.6 Å². The SMILES string of the molecule is Nc1cnc(-c2ccccc2O)cc1-c1ccc(N2CCN(C3CCC(N4CCN(c5cc6c(cc5F)C(=O)N(C5CCC(=O)NC5=O)C6=O)CC4)CC3)CC2)cc1. The van der Waals surface area contributed by atoms with E-state index in [1.165, 1.54) is 11.8 Å². The van der Waals surface area contributed by atoms with Crippen LogP contribution in [0.15, 0.2) is 72.9 Å². The second-order valence-electron chi connectivity index (χ2n) is 16.0. The number of piperidine rings is 1. The molecule has 1 unspecified atom stereocenters. The number of carbonyl (C=O) groups is 4. The number of aromatic hydroxyl groups is 1. The molecule has 14 heteroatoms. The van der Waals surface area contributed by atoms with E-state index in [4.69, 9.17) is 5.73 Å². The lowest BCUT2D eigenvalue weighted by atomic mass is 9.88. The Morgan fingerprint density at radius 2 is 1.29 bits per heavy atom. The smallest absolute Gasteiger partial charge is 0.262 e. The largest absolute Gasteiger partial charge is 0.507 e. The summed E-state index contributed by atoms with van der Waals surface area (Å²) in [7, 11) is 0. The van der Waals surface area contributed by atoms with Crippen molar-refractivity contribution in [3.8, 4) is 28.1 Å². The lowest BCUT2D eigenvalue weighted by Gasteiger charge is -2.46. The molecule has 58 heavy (non-hydrogen) atoms. The van der Waals surface area contributed by atoms with Crippen molar-refractivity contribution in [2.75, 3.05) is 67.9 Å². The lowest BCUT2D eigenvalue weighted by molar-refractivity contribution is -0.136. The molecule has 1 saturated carbocycles. The van der Waals surface area contributed by atoms with Crippen molar-refractivity contribution < 1.29 is 28.7 Å². The number of piperazine rings is 2. The molecule has 3 saturated heterocycles. The molecule has 1 aliphatic carbocycles. The van der Waals surface area contributed by atoms with Crippen LogP contribution in [0.1, 0.15) is 59.2 Å². The van der Waals surface area contributed by atoms with Gasteiger partial charge in [-0.15, -0.1) is 0 Å². The Morgan fingerprint density at radius 3 is 1.91 bits per heavy atom. The number of imide groups is 2. The third kappa shape index (κ3) is 7.04. The molecular formula is C44H47FN8O5. The maximum absolute atomic E-state index is 15.5. The van der Waals surface area contributed by atoms with Gasteiger partial charge in [-0.1, -0.05) is 24.3 Å². The molecule has 300 valence electrons. The fourth-order valence-corrected chi connectivity index (χ4v) is 9.59. The van der Waals surface area contributed by atoms with Gasteiger partial charge in [0.15, 0.2) is 0 Å². The van der Waals surface area contributed by atoms with Crippen LogP contribution in [0.2, 0.25) is 0 Å². The average molecular weight is 787 g/mol. The summed E-state index contributed by atoms with van der Waals surface area (Å²) in [4.78, 5) is 65.5. The highest BCUT2D eigenvalue weighted by Crippen LogP contribution is 2.36. The molecule has 4 aromatic rings. The van der Waals surface area contributed by atoms with Gasteiger partial charge in [-0.05, 0) is 80.1 Å². The van der Waals surface area contributed by atoms with Crippen molar-refractivity contribution in [1.29, 1.82) is 0 Å². The summed E-state index contributed by atoms with van der Waals surface area (Å²) in [5.41, 5.74) is 11.7. The van der Waals surface area contributed by atoms with E-state index in [2.05, 4.69) is 49.3 Å². The second-order valence-corrected chi connectivity index (χ2v) is 16.0. The Balaban J connectivity index is 0.752. The molecule has 9 rings (SSSR count). The quantitative estimate of drug-likeness (QED) is 0.227. The number of nitrogen functional groups attached to an aromatic ring is 1. The van der Waals surface area contributed by atoms with Crippen molar-refractivity contribution in [3.63, 3.8) is 0 Å². The normalized spacial score (nSPS) is 23.3. The molecule has 1 aromatic heterocycles. The van der Waals surface area contributed by atoms with Crippen molar-refractivity contribution in [2.45, 2.75) is 56.7 Å². The van der Waals surface area contributed by atoms with Crippen LogP contribution in [0, 0.1) is 5.82 Å². The number of halogens is 1. The molecule has 3 aromatic carbocycles. The highest BCUT2D eigenvalue weighted by molar-refractivity contribution is 6.23. The molecule has 1 atom stereocenters. The minimum absolute atomic E-state index is 0.0282. The average Bonchev–Trinajstić information content (AvgIpc) is 3.48. The first kappa shape index (κ1) is 37.7. The number of hydrogen-bond donors (Lipinski definition) is 3. The minimum atomic E-state index is -1.09. The van der Waals surface area contributed by atoms with E-state index in [9.17, 15) is 24.3 Å². The molecule has 4 N–H and O–H groups in total. The predicted molar refractivity (Wildman–Crippen MR) is 218 cm³/mol. The molecule has 4 fully saturated rings. The molecule has 5 heterocycles. The van der Waals surface area contributed by atoms with Crippen molar-refractivity contribution in [1.82, 2.24) is 25.0 Å². The van der Waals surface area contributed by atoms with Gasteiger partial charge in [0.1, 0.15) is 17.6 Å². The van der Waals surface area contributed by atoms with Crippen LogP contribution in [0.5, 0.6) is 5.75 Å². The maximum Gasteiger partial charge on any atom is 0.262 e. The third-order valence-electron chi connectivity index (χ3n) is 12.8. The fourth-order valence-electron chi connectivity index (χ4n) is 9.59. The molecule has 4 aliphatic heterocycles. The van der Waals surface area contributed by atoms with Crippen LogP contribution in [-0.2, 0) is 9.59 Å². The number of benzene rings is 3. The Kier molecular flexibility index (Phi) is 10.1. The minimum Gasteiger partial charge on any atom is -0.507 e. The zero-order valence-corrected chi connectivity index (χ0v) is 32.3. The lowest BCUT2D eigenvalue weighted by Crippen LogP contribution is -2.54. The van der Waals surface area contributed by atoms with Gasteiger partial charge in [0.2, 0.25) is 11.8 Å². The van der Waals surface area contributed by atoms with Gasteiger partial charge in [0, 0.05) is 87.7 Å². The first-order valence-corrected chi connectivity index (χ1v) is 20.3. The first-order valence-electron chi connectivity index (χ1n) is 20.3. The molecule has 0 radical (unpaired) electrons. The number of aromatic nitrogens is 1. The summed E-state index contributed by atoms with van der Waals surface area (Å²) in [6, 6.07) is 20.2. The van der Waals surface area contributed by atoms with Gasteiger partial charge >= 0.3 is 0 Å². The van der Waals surface area contributed by atoms with Gasteiger partial charge in [-0.3, -0.25) is 44.2 Å². The van der Waals surface area contributed by atoms with Crippen molar-refractivity contribution in [3.05, 3.63) is 89.9 Å². The van der Waals surface area contributed by atoms with E-state index in [0.29, 0.717) is 47.8 Å². The standard InChI is InChI=1S/C44H47FN8O5/c45-35-23-33-34(44(58)53(43(33)57)38-13-14-41(55)48-42(38)56)25-39(35)52-21-19-51(20-22-52)30-11-9-29(10-12-30)50-17-15-49(16-18-50)28-7-5-27(6-8-28)32-24-37(47-26-36(32)46)31-3-1-2-4-40(31)54/h1-8,23-26,29-30,38,54H,9-22,46H2,(H,48,55,56). The zero-order chi connectivity index (χ0) is 40.1. The monoisotopic (exact) mass is 786 g/mol. The van der Waals surface area contributed by atoms with E-state index in [1.54, 1.807) is 18.3 Å². The number of pyridine rings is 1. The third-order valence-corrected chi connectivity index (χ3v) is 12.8. The zero-order valence-electron chi connectivity index (χ0n) is 32.3. The first-order chi connectivity index (χ1) is 28.1. The summed E-state index contributed by atoms with van der Waals surface area (Å²) < 4.78 is 15.5.